The average molecular weight is 368 g/mol. The van der Waals surface area contributed by atoms with E-state index in [2.05, 4.69) is 9.97 Å². The van der Waals surface area contributed by atoms with E-state index in [1.165, 1.54) is 6.07 Å². The number of aromatic nitrogens is 2. The highest BCUT2D eigenvalue weighted by molar-refractivity contribution is 5.94. The van der Waals surface area contributed by atoms with E-state index >= 15 is 0 Å². The van der Waals surface area contributed by atoms with E-state index in [0.29, 0.717) is 17.4 Å². The Hall–Kier alpha value is -3.73. The predicted octanol–water partition coefficient (Wildman–Crippen LogP) is 3.48. The van der Waals surface area contributed by atoms with E-state index < -0.39 is 5.91 Å². The number of hydrogen-bond donors (Lipinski definition) is 2. The van der Waals surface area contributed by atoms with Crippen molar-refractivity contribution >= 4 is 16.8 Å². The lowest BCUT2D eigenvalue weighted by atomic mass is 9.99. The molecule has 0 aliphatic carbocycles. The fraction of sp³-hybridized carbons (Fsp3) is 0.0435. The van der Waals surface area contributed by atoms with Gasteiger partial charge in [0.05, 0.1) is 0 Å². The summed E-state index contributed by atoms with van der Waals surface area (Å²) in [6.45, 7) is 0. The zero-order valence-corrected chi connectivity index (χ0v) is 15.1. The Kier molecular flexibility index (Phi) is 4.72. The quantitative estimate of drug-likeness (QED) is 0.565. The van der Waals surface area contributed by atoms with Crippen molar-refractivity contribution in [3.63, 3.8) is 0 Å². The molecule has 0 fully saturated rings. The highest BCUT2D eigenvalue weighted by Crippen LogP contribution is 2.23. The molecule has 2 aromatic carbocycles. The smallest absolute Gasteiger partial charge is 0.248 e. The molecular formula is C23H18N3O2. The Labute approximate surface area is 161 Å². The number of aromatic amines is 1. The molecule has 5 heteroatoms. The maximum absolute atomic E-state index is 12.1. The van der Waals surface area contributed by atoms with E-state index in [4.69, 9.17) is 5.73 Å². The third-order valence-corrected chi connectivity index (χ3v) is 4.69. The number of carbonyl (C=O) groups is 1. The van der Waals surface area contributed by atoms with Crippen LogP contribution in [0.4, 0.5) is 0 Å². The zero-order valence-electron chi connectivity index (χ0n) is 15.1. The van der Waals surface area contributed by atoms with Gasteiger partial charge < -0.3 is 10.7 Å². The zero-order chi connectivity index (χ0) is 19.5. The second-order valence-corrected chi connectivity index (χ2v) is 6.50. The number of benzene rings is 2. The van der Waals surface area contributed by atoms with Crippen molar-refractivity contribution in [2.24, 2.45) is 5.73 Å². The number of rotatable bonds is 5. The molecule has 0 unspecified atom stereocenters. The predicted molar refractivity (Wildman–Crippen MR) is 110 cm³/mol. The summed E-state index contributed by atoms with van der Waals surface area (Å²) in [5.74, 6) is -0.438. The monoisotopic (exact) mass is 368 g/mol. The number of H-pyrrole nitrogens is 1. The molecule has 137 valence electrons. The second kappa shape index (κ2) is 7.48. The van der Waals surface area contributed by atoms with Crippen LogP contribution >= 0.6 is 0 Å². The summed E-state index contributed by atoms with van der Waals surface area (Å²) in [7, 11) is 0. The molecule has 0 aliphatic heterocycles. The van der Waals surface area contributed by atoms with Crippen molar-refractivity contribution in [2.75, 3.05) is 0 Å². The molecule has 2 aromatic heterocycles. The first-order chi connectivity index (χ1) is 13.6. The van der Waals surface area contributed by atoms with Gasteiger partial charge in [-0.2, -0.15) is 0 Å². The van der Waals surface area contributed by atoms with Crippen LogP contribution in [0.5, 0.6) is 0 Å². The number of nitrogens with one attached hydrogen (secondary N) is 1. The number of primary amides is 1. The molecule has 28 heavy (non-hydrogen) atoms. The van der Waals surface area contributed by atoms with Gasteiger partial charge in [-0.05, 0) is 53.4 Å². The van der Waals surface area contributed by atoms with E-state index in [1.54, 1.807) is 24.5 Å². The Bertz CT molecular complexity index is 1230. The van der Waals surface area contributed by atoms with Gasteiger partial charge in [0, 0.05) is 47.0 Å². The molecule has 5 nitrogen and oxygen atoms in total. The van der Waals surface area contributed by atoms with Crippen LogP contribution in [0.1, 0.15) is 21.6 Å². The van der Waals surface area contributed by atoms with Crippen molar-refractivity contribution in [2.45, 2.75) is 6.42 Å². The van der Waals surface area contributed by atoms with Crippen LogP contribution in [0, 0.1) is 6.42 Å². The van der Waals surface area contributed by atoms with Crippen molar-refractivity contribution in [1.82, 2.24) is 9.97 Å². The van der Waals surface area contributed by atoms with Crippen LogP contribution in [0.25, 0.3) is 22.0 Å². The summed E-state index contributed by atoms with van der Waals surface area (Å²) in [5.41, 5.74) is 10.3. The molecule has 0 spiro atoms. The SMILES string of the molecule is NC(=O)c1ccccc1C[CH]c1cc(-c2ccc3[nH]ccc(=O)c3c2)ccn1. The van der Waals surface area contributed by atoms with Gasteiger partial charge in [-0.15, -0.1) is 0 Å². The lowest BCUT2D eigenvalue weighted by Gasteiger charge is -2.08. The van der Waals surface area contributed by atoms with E-state index in [0.717, 1.165) is 27.9 Å². The summed E-state index contributed by atoms with van der Waals surface area (Å²) in [6, 6.07) is 18.4. The van der Waals surface area contributed by atoms with Gasteiger partial charge >= 0.3 is 0 Å². The second-order valence-electron chi connectivity index (χ2n) is 6.50. The first kappa shape index (κ1) is 17.7. The number of pyridine rings is 2. The highest BCUT2D eigenvalue weighted by atomic mass is 16.1. The molecule has 2 heterocycles. The van der Waals surface area contributed by atoms with Gasteiger partial charge in [-0.3, -0.25) is 14.6 Å². The lowest BCUT2D eigenvalue weighted by Crippen LogP contribution is -2.13. The first-order valence-corrected chi connectivity index (χ1v) is 8.90. The van der Waals surface area contributed by atoms with E-state index in [1.807, 2.05) is 48.9 Å². The molecule has 0 saturated carbocycles. The Balaban J connectivity index is 1.61. The summed E-state index contributed by atoms with van der Waals surface area (Å²) in [6.07, 6.45) is 5.89. The third-order valence-electron chi connectivity index (χ3n) is 4.69. The minimum Gasteiger partial charge on any atom is -0.366 e. The van der Waals surface area contributed by atoms with Crippen LogP contribution in [0.15, 0.2) is 77.9 Å². The summed E-state index contributed by atoms with van der Waals surface area (Å²) in [5, 5.41) is 0.651. The highest BCUT2D eigenvalue weighted by Gasteiger charge is 2.09. The maximum Gasteiger partial charge on any atom is 0.248 e. The number of fused-ring (bicyclic) bond motifs is 1. The third kappa shape index (κ3) is 3.55. The van der Waals surface area contributed by atoms with Crippen molar-refractivity contribution in [3.8, 4) is 11.1 Å². The molecule has 0 atom stereocenters. The number of amides is 1. The normalized spacial score (nSPS) is 10.9. The molecule has 3 N–H and O–H groups in total. The van der Waals surface area contributed by atoms with E-state index in [9.17, 15) is 9.59 Å². The Morgan fingerprint density at radius 1 is 1.04 bits per heavy atom. The molecule has 1 radical (unpaired) electrons. The summed E-state index contributed by atoms with van der Waals surface area (Å²) in [4.78, 5) is 31.1. The maximum atomic E-state index is 12.1. The minimum absolute atomic E-state index is 0.0144. The van der Waals surface area contributed by atoms with Gasteiger partial charge in [0.1, 0.15) is 0 Å². The topological polar surface area (TPSA) is 88.8 Å². The summed E-state index contributed by atoms with van der Waals surface area (Å²) < 4.78 is 0. The van der Waals surface area contributed by atoms with Gasteiger partial charge in [0.2, 0.25) is 5.91 Å². The molecule has 4 aromatic rings. The fourth-order valence-corrected chi connectivity index (χ4v) is 3.24. The largest absolute Gasteiger partial charge is 0.366 e. The van der Waals surface area contributed by atoms with Crippen LogP contribution in [-0.2, 0) is 6.42 Å². The molecule has 0 aliphatic rings. The van der Waals surface area contributed by atoms with Gasteiger partial charge in [0.15, 0.2) is 5.43 Å². The van der Waals surface area contributed by atoms with Crippen molar-refractivity contribution < 1.29 is 4.79 Å². The average Bonchev–Trinajstić information content (AvgIpc) is 2.73. The van der Waals surface area contributed by atoms with Gasteiger partial charge in [0.25, 0.3) is 0 Å². The van der Waals surface area contributed by atoms with Crippen LogP contribution in [0.3, 0.4) is 0 Å². The van der Waals surface area contributed by atoms with Crippen LogP contribution in [0.2, 0.25) is 0 Å². The van der Waals surface area contributed by atoms with Gasteiger partial charge in [-0.1, -0.05) is 24.3 Å². The molecule has 1 amide bonds. The summed E-state index contributed by atoms with van der Waals surface area (Å²) >= 11 is 0. The number of nitrogens with zero attached hydrogens (tertiary/aromatic N) is 1. The number of nitrogens with two attached hydrogens (primary N) is 1. The molecular weight excluding hydrogens is 350 g/mol. The number of carbonyl (C=O) groups excluding carboxylic acids is 1. The number of hydrogen-bond acceptors (Lipinski definition) is 3. The van der Waals surface area contributed by atoms with Crippen molar-refractivity contribution in [1.29, 1.82) is 0 Å². The molecule has 0 saturated heterocycles. The van der Waals surface area contributed by atoms with E-state index in [-0.39, 0.29) is 5.43 Å². The Morgan fingerprint density at radius 3 is 2.71 bits per heavy atom. The minimum atomic E-state index is -0.438. The Morgan fingerprint density at radius 2 is 1.86 bits per heavy atom. The first-order valence-electron chi connectivity index (χ1n) is 8.90. The molecule has 0 bridgehead atoms. The van der Waals surface area contributed by atoms with Crippen LogP contribution < -0.4 is 11.2 Å². The van der Waals surface area contributed by atoms with Gasteiger partial charge in [-0.25, -0.2) is 0 Å². The lowest BCUT2D eigenvalue weighted by molar-refractivity contribution is 0.0999. The van der Waals surface area contributed by atoms with Crippen LogP contribution in [-0.4, -0.2) is 15.9 Å². The van der Waals surface area contributed by atoms with Crippen molar-refractivity contribution in [3.05, 3.63) is 107 Å². The molecule has 4 rings (SSSR count). The standard InChI is InChI=1S/C23H18N3O2/c24-23(28)19-4-2-1-3-15(19)5-7-18-13-17(9-11-25-18)16-6-8-21-20(14-16)22(27)10-12-26-21/h1-4,6-14H,5H2,(H2,24,28)(H,26,27). The fourth-order valence-electron chi connectivity index (χ4n) is 3.24.